The van der Waals surface area contributed by atoms with Gasteiger partial charge in [-0.05, 0) is 48.9 Å². The Morgan fingerprint density at radius 2 is 1.76 bits per heavy atom. The number of amides is 3. The molecule has 2 heterocycles. The van der Waals surface area contributed by atoms with Gasteiger partial charge < -0.3 is 20.9 Å². The van der Waals surface area contributed by atoms with Gasteiger partial charge >= 0.3 is 6.03 Å². The lowest BCUT2D eigenvalue weighted by Gasteiger charge is -2.15. The lowest BCUT2D eigenvalue weighted by molar-refractivity contribution is 0.102. The molecule has 0 saturated carbocycles. The van der Waals surface area contributed by atoms with Crippen LogP contribution in [0.1, 0.15) is 15.9 Å². The van der Waals surface area contributed by atoms with Gasteiger partial charge in [-0.15, -0.1) is 0 Å². The van der Waals surface area contributed by atoms with E-state index in [-0.39, 0.29) is 11.9 Å². The normalized spacial score (nSPS) is 10.7. The average molecular weight is 444 g/mol. The zero-order valence-corrected chi connectivity index (χ0v) is 18.9. The topological polar surface area (TPSA) is 104 Å². The van der Waals surface area contributed by atoms with Crippen LogP contribution in [0.4, 0.5) is 21.9 Å². The number of carbonyl (C=O) groups is 2. The second kappa shape index (κ2) is 8.99. The molecule has 0 fully saturated rings. The molecule has 0 bridgehead atoms. The van der Waals surface area contributed by atoms with Gasteiger partial charge in [0, 0.05) is 56.0 Å². The number of aromatic nitrogens is 3. The van der Waals surface area contributed by atoms with E-state index < -0.39 is 0 Å². The molecule has 9 heteroatoms. The van der Waals surface area contributed by atoms with Crippen molar-refractivity contribution in [2.75, 3.05) is 36.7 Å². The van der Waals surface area contributed by atoms with Crippen LogP contribution in [0, 0.1) is 6.92 Å². The summed E-state index contributed by atoms with van der Waals surface area (Å²) in [5.74, 6) is -0.194. The first kappa shape index (κ1) is 21.8. The fourth-order valence-electron chi connectivity index (χ4n) is 3.48. The van der Waals surface area contributed by atoms with Gasteiger partial charge in [0.25, 0.3) is 5.91 Å². The minimum atomic E-state index is -0.352. The summed E-state index contributed by atoms with van der Waals surface area (Å²) < 4.78 is 1.61. The maximum atomic E-state index is 12.8. The molecule has 0 radical (unpaired) electrons. The molecule has 4 rings (SSSR count). The van der Waals surface area contributed by atoms with Gasteiger partial charge in [-0.1, -0.05) is 12.1 Å². The van der Waals surface area contributed by atoms with Crippen LogP contribution in [-0.2, 0) is 0 Å². The highest BCUT2D eigenvalue weighted by atomic mass is 16.2. The van der Waals surface area contributed by atoms with Crippen LogP contribution in [0.25, 0.3) is 16.9 Å². The average Bonchev–Trinajstić information content (AvgIpc) is 3.29. The number of urea groups is 1. The number of anilines is 3. The molecule has 9 nitrogen and oxygen atoms in total. The molecule has 0 unspecified atom stereocenters. The molecule has 3 N–H and O–H groups in total. The second-order valence-corrected chi connectivity index (χ2v) is 7.72. The molecule has 0 atom stereocenters. The molecule has 0 saturated heterocycles. The summed E-state index contributed by atoms with van der Waals surface area (Å²) in [6.45, 7) is 1.92. The summed E-state index contributed by atoms with van der Waals surface area (Å²) in [6, 6.07) is 14.5. The molecule has 168 valence electrons. The van der Waals surface area contributed by atoms with E-state index in [0.29, 0.717) is 28.3 Å². The molecule has 33 heavy (non-hydrogen) atoms. The van der Waals surface area contributed by atoms with E-state index in [4.69, 9.17) is 0 Å². The largest absolute Gasteiger partial charge is 0.378 e. The van der Waals surface area contributed by atoms with Crippen LogP contribution >= 0.6 is 0 Å². The van der Waals surface area contributed by atoms with Crippen molar-refractivity contribution in [1.82, 2.24) is 19.9 Å². The first-order valence-electron chi connectivity index (χ1n) is 10.4. The number of hydrogen-bond acceptors (Lipinski definition) is 5. The zero-order valence-electron chi connectivity index (χ0n) is 18.9. The van der Waals surface area contributed by atoms with Gasteiger partial charge in [-0.25, -0.2) is 14.3 Å². The Balaban J connectivity index is 1.66. The lowest BCUT2D eigenvalue weighted by atomic mass is 10.0. The SMILES string of the molecule is CNC(=O)Nc1cc(-c2cccc(NC(=O)c3ccc(N(C)C)cc3)c2C)nn2ccnc12. The van der Waals surface area contributed by atoms with Crippen molar-refractivity contribution in [2.24, 2.45) is 0 Å². The van der Waals surface area contributed by atoms with Gasteiger partial charge in [0.2, 0.25) is 0 Å². The van der Waals surface area contributed by atoms with Crippen LogP contribution < -0.4 is 20.9 Å². The maximum Gasteiger partial charge on any atom is 0.319 e. The Bertz CT molecular complexity index is 1330. The molecule has 2 aromatic carbocycles. The van der Waals surface area contributed by atoms with E-state index in [1.807, 2.05) is 56.3 Å². The third kappa shape index (κ3) is 4.47. The summed E-state index contributed by atoms with van der Waals surface area (Å²) in [6.07, 6.45) is 3.33. The van der Waals surface area contributed by atoms with Crippen LogP contribution in [-0.4, -0.2) is 47.7 Å². The van der Waals surface area contributed by atoms with Crippen molar-refractivity contribution in [3.63, 3.8) is 0 Å². The van der Waals surface area contributed by atoms with E-state index in [1.54, 1.807) is 42.2 Å². The first-order valence-corrected chi connectivity index (χ1v) is 10.4. The first-order chi connectivity index (χ1) is 15.9. The smallest absolute Gasteiger partial charge is 0.319 e. The lowest BCUT2D eigenvalue weighted by Crippen LogP contribution is -2.25. The van der Waals surface area contributed by atoms with E-state index in [1.165, 1.54) is 0 Å². The Morgan fingerprint density at radius 3 is 2.45 bits per heavy atom. The van der Waals surface area contributed by atoms with Gasteiger partial charge in [0.1, 0.15) is 0 Å². The van der Waals surface area contributed by atoms with Crippen LogP contribution in [0.3, 0.4) is 0 Å². The number of rotatable bonds is 5. The molecule has 0 aliphatic rings. The summed E-state index contributed by atoms with van der Waals surface area (Å²) in [5, 5.41) is 12.9. The molecule has 3 amide bonds. The van der Waals surface area contributed by atoms with Crippen molar-refractivity contribution in [3.8, 4) is 11.3 Å². The zero-order chi connectivity index (χ0) is 23.5. The third-order valence-electron chi connectivity index (χ3n) is 5.34. The van der Waals surface area contributed by atoms with Gasteiger partial charge in [-0.3, -0.25) is 4.79 Å². The number of imidazole rings is 1. The van der Waals surface area contributed by atoms with Crippen LogP contribution in [0.2, 0.25) is 0 Å². The minimum absolute atomic E-state index is 0.194. The maximum absolute atomic E-state index is 12.8. The Kier molecular flexibility index (Phi) is 5.95. The number of nitrogens with zero attached hydrogens (tertiary/aromatic N) is 4. The predicted octanol–water partition coefficient (Wildman–Crippen LogP) is 3.77. The predicted molar refractivity (Wildman–Crippen MR) is 130 cm³/mol. The van der Waals surface area contributed by atoms with E-state index in [0.717, 1.165) is 16.8 Å². The van der Waals surface area contributed by atoms with E-state index >= 15 is 0 Å². The molecular weight excluding hydrogens is 418 g/mol. The third-order valence-corrected chi connectivity index (χ3v) is 5.34. The van der Waals surface area contributed by atoms with Gasteiger partial charge in [0.05, 0.1) is 11.4 Å². The van der Waals surface area contributed by atoms with Gasteiger partial charge in [0.15, 0.2) is 5.65 Å². The highest BCUT2D eigenvalue weighted by molar-refractivity contribution is 6.05. The van der Waals surface area contributed by atoms with Gasteiger partial charge in [-0.2, -0.15) is 5.10 Å². The van der Waals surface area contributed by atoms with Crippen molar-refractivity contribution in [2.45, 2.75) is 6.92 Å². The van der Waals surface area contributed by atoms with Crippen molar-refractivity contribution >= 4 is 34.6 Å². The molecule has 0 aliphatic carbocycles. The summed E-state index contributed by atoms with van der Waals surface area (Å²) in [5.41, 5.74) is 5.65. The Morgan fingerprint density at radius 1 is 1.00 bits per heavy atom. The number of hydrogen-bond donors (Lipinski definition) is 3. The van der Waals surface area contributed by atoms with Crippen molar-refractivity contribution in [1.29, 1.82) is 0 Å². The molecule has 4 aromatic rings. The van der Waals surface area contributed by atoms with Crippen molar-refractivity contribution in [3.05, 3.63) is 72.1 Å². The van der Waals surface area contributed by atoms with Crippen LogP contribution in [0.15, 0.2) is 60.9 Å². The number of carbonyl (C=O) groups excluding carboxylic acids is 2. The fraction of sp³-hybridized carbons (Fsp3) is 0.167. The highest BCUT2D eigenvalue weighted by Gasteiger charge is 2.15. The number of nitrogens with one attached hydrogen (secondary N) is 3. The summed E-state index contributed by atoms with van der Waals surface area (Å²) in [4.78, 5) is 31.0. The molecule has 0 spiro atoms. The summed E-state index contributed by atoms with van der Waals surface area (Å²) in [7, 11) is 5.45. The monoisotopic (exact) mass is 443 g/mol. The van der Waals surface area contributed by atoms with E-state index in [2.05, 4.69) is 26.0 Å². The van der Waals surface area contributed by atoms with Crippen molar-refractivity contribution < 1.29 is 9.59 Å². The highest BCUT2D eigenvalue weighted by Crippen LogP contribution is 2.30. The quantitative estimate of drug-likeness (QED) is 0.436. The van der Waals surface area contributed by atoms with E-state index in [9.17, 15) is 9.59 Å². The Hall–Kier alpha value is -4.40. The molecule has 2 aromatic heterocycles. The minimum Gasteiger partial charge on any atom is -0.378 e. The second-order valence-electron chi connectivity index (χ2n) is 7.72. The Labute approximate surface area is 191 Å². The molecular formula is C24H25N7O2. The van der Waals surface area contributed by atoms with Crippen LogP contribution in [0.5, 0.6) is 0 Å². The number of benzene rings is 2. The fourth-order valence-corrected chi connectivity index (χ4v) is 3.48. The standard InChI is InChI=1S/C24H25N7O2/c1-15-18(20-14-21(28-24(33)25-2)22-26-12-13-31(22)29-20)6-5-7-19(15)27-23(32)16-8-10-17(11-9-16)30(3)4/h5-14H,1-4H3,(H,27,32)(H2,25,28,33). The number of fused-ring (bicyclic) bond motifs is 1. The summed E-state index contributed by atoms with van der Waals surface area (Å²) >= 11 is 0. The molecule has 0 aliphatic heterocycles.